The third kappa shape index (κ3) is 3.02. The highest BCUT2D eigenvalue weighted by Gasteiger charge is 2.39. The van der Waals surface area contributed by atoms with Gasteiger partial charge in [0.25, 0.3) is 0 Å². The van der Waals surface area contributed by atoms with Crippen LogP contribution >= 0.6 is 0 Å². The van der Waals surface area contributed by atoms with Crippen LogP contribution in [0.2, 0.25) is 18.1 Å². The van der Waals surface area contributed by atoms with Crippen molar-refractivity contribution < 1.29 is 4.11 Å². The van der Waals surface area contributed by atoms with E-state index < -0.39 is 8.41 Å². The number of rotatable bonds is 3. The van der Waals surface area contributed by atoms with Crippen molar-refractivity contribution in [2.45, 2.75) is 44.8 Å². The Morgan fingerprint density at radius 1 is 1.45 bits per heavy atom. The van der Waals surface area contributed by atoms with Crippen LogP contribution in [0.1, 0.15) is 26.7 Å². The summed E-state index contributed by atoms with van der Waals surface area (Å²) < 4.78 is 13.5. The van der Waals surface area contributed by atoms with Crippen LogP contribution < -0.4 is 0 Å². The summed E-state index contributed by atoms with van der Waals surface area (Å²) in [7, 11) is -2.57. The van der Waals surface area contributed by atoms with Crippen molar-refractivity contribution in [1.82, 2.24) is 0 Å². The van der Waals surface area contributed by atoms with Crippen molar-refractivity contribution in [3.63, 3.8) is 0 Å². The van der Waals surface area contributed by atoms with E-state index in [-0.39, 0.29) is 5.04 Å². The lowest BCUT2D eigenvalue weighted by atomic mass is 10.1. The monoisotopic (exact) mass is 173 g/mol. The Labute approximate surface area is 69.4 Å². The zero-order chi connectivity index (χ0) is 9.12. The molecule has 3 heteroatoms. The van der Waals surface area contributed by atoms with Crippen LogP contribution in [0.15, 0.2) is 0 Å². The summed E-state index contributed by atoms with van der Waals surface area (Å²) >= 11 is 0. The molecule has 0 rings (SSSR count). The Morgan fingerprint density at radius 2 is 1.91 bits per heavy atom. The van der Waals surface area contributed by atoms with Gasteiger partial charge in [-0.1, -0.05) is 13.8 Å². The fourth-order valence-corrected chi connectivity index (χ4v) is 1.39. The maximum absolute atomic E-state index is 13.5. The van der Waals surface area contributed by atoms with Crippen LogP contribution in [0, 0.1) is 11.3 Å². The summed E-state index contributed by atoms with van der Waals surface area (Å²) in [5.74, 6) is 0. The first-order chi connectivity index (χ1) is 4.81. The molecule has 0 saturated carbocycles. The molecule has 0 fully saturated rings. The summed E-state index contributed by atoms with van der Waals surface area (Å²) in [6.45, 7) is 7.22. The predicted molar refractivity (Wildman–Crippen MR) is 47.5 cm³/mol. The molecule has 0 bridgehead atoms. The number of hydrogen-bond donors (Lipinski definition) is 0. The summed E-state index contributed by atoms with van der Waals surface area (Å²) in [4.78, 5) is 0. The van der Waals surface area contributed by atoms with E-state index in [9.17, 15) is 4.11 Å². The number of nitrogens with zero attached hydrogens (tertiary/aromatic N) is 1. The fourth-order valence-electron chi connectivity index (χ4n) is 0.666. The number of halogens is 1. The lowest BCUT2D eigenvalue weighted by Gasteiger charge is -2.31. The van der Waals surface area contributed by atoms with Crippen LogP contribution in [0.25, 0.3) is 0 Å². The lowest BCUT2D eigenvalue weighted by Crippen LogP contribution is -2.33. The summed E-state index contributed by atoms with van der Waals surface area (Å²) in [6, 6.07) is 2.05. The van der Waals surface area contributed by atoms with Crippen molar-refractivity contribution in [1.29, 1.82) is 5.26 Å². The van der Waals surface area contributed by atoms with Crippen molar-refractivity contribution >= 4 is 8.41 Å². The molecule has 0 unspecified atom stereocenters. The third-order valence-electron chi connectivity index (χ3n) is 2.47. The second-order valence-electron chi connectivity index (χ2n) is 4.01. The average molecular weight is 173 g/mol. The second kappa shape index (κ2) is 3.36. The highest BCUT2D eigenvalue weighted by molar-refractivity contribution is 6.73. The van der Waals surface area contributed by atoms with Crippen molar-refractivity contribution in [2.24, 2.45) is 0 Å². The van der Waals surface area contributed by atoms with Crippen LogP contribution in [0.5, 0.6) is 0 Å². The van der Waals surface area contributed by atoms with E-state index in [1.165, 1.54) is 0 Å². The Bertz CT molecular complexity index is 164. The maximum atomic E-state index is 13.5. The Kier molecular flexibility index (Phi) is 3.24. The van der Waals surface area contributed by atoms with Gasteiger partial charge in [-0.2, -0.15) is 5.26 Å². The van der Waals surface area contributed by atoms with E-state index in [2.05, 4.69) is 6.07 Å². The topological polar surface area (TPSA) is 23.8 Å². The van der Waals surface area contributed by atoms with Gasteiger partial charge in [0.05, 0.1) is 6.07 Å². The standard InChI is InChI=1S/C8H16FNSi/c1-8(2,6-5-7-10)11(3,4)9/h5-6H2,1-4H3. The van der Waals surface area contributed by atoms with E-state index in [1.807, 2.05) is 13.8 Å². The molecule has 0 N–H and O–H groups in total. The van der Waals surface area contributed by atoms with Crippen molar-refractivity contribution in [3.8, 4) is 6.07 Å². The van der Waals surface area contributed by atoms with Gasteiger partial charge in [0, 0.05) is 6.42 Å². The molecule has 0 heterocycles. The molecule has 0 spiro atoms. The van der Waals surface area contributed by atoms with Gasteiger partial charge >= 0.3 is 0 Å². The van der Waals surface area contributed by atoms with Crippen LogP contribution in [0.4, 0.5) is 4.11 Å². The Balaban J connectivity index is 4.13. The molecule has 64 valence electrons. The molecule has 0 aromatic rings. The summed E-state index contributed by atoms with van der Waals surface area (Å²) in [5, 5.41) is 8.08. The molecule has 0 amide bonds. The first kappa shape index (κ1) is 10.6. The Hall–Kier alpha value is -0.363. The maximum Gasteiger partial charge on any atom is 0.246 e. The van der Waals surface area contributed by atoms with Crippen LogP contribution in [-0.2, 0) is 0 Å². The average Bonchev–Trinajstić information content (AvgIpc) is 1.81. The fraction of sp³-hybridized carbons (Fsp3) is 0.875. The molecule has 0 saturated heterocycles. The molecule has 0 atom stereocenters. The molecule has 0 aliphatic carbocycles. The smallest absolute Gasteiger partial charge is 0.246 e. The van der Waals surface area contributed by atoms with Gasteiger partial charge in [0.1, 0.15) is 0 Å². The van der Waals surface area contributed by atoms with Gasteiger partial charge < -0.3 is 4.11 Å². The zero-order valence-corrected chi connectivity index (χ0v) is 8.74. The first-order valence-corrected chi connectivity index (χ1v) is 6.75. The first-order valence-electron chi connectivity index (χ1n) is 3.87. The quantitative estimate of drug-likeness (QED) is 0.475. The molecule has 1 nitrogen and oxygen atoms in total. The highest BCUT2D eigenvalue weighted by atomic mass is 28.4. The largest absolute Gasteiger partial charge is 0.314 e. The molecule has 0 aromatic heterocycles. The molecule has 0 aliphatic heterocycles. The number of hydrogen-bond acceptors (Lipinski definition) is 1. The molecule has 0 aromatic carbocycles. The predicted octanol–water partition coefficient (Wildman–Crippen LogP) is 3.24. The van der Waals surface area contributed by atoms with E-state index in [1.54, 1.807) is 13.1 Å². The van der Waals surface area contributed by atoms with E-state index in [4.69, 9.17) is 5.26 Å². The molecular formula is C8H16FNSi. The van der Waals surface area contributed by atoms with E-state index in [0.717, 1.165) is 0 Å². The minimum atomic E-state index is -2.57. The molecular weight excluding hydrogens is 157 g/mol. The van der Waals surface area contributed by atoms with Gasteiger partial charge in [-0.15, -0.1) is 0 Å². The Morgan fingerprint density at radius 3 is 2.18 bits per heavy atom. The van der Waals surface area contributed by atoms with Gasteiger partial charge in [-0.05, 0) is 24.6 Å². The van der Waals surface area contributed by atoms with Gasteiger partial charge in [-0.3, -0.25) is 0 Å². The van der Waals surface area contributed by atoms with Crippen molar-refractivity contribution in [3.05, 3.63) is 0 Å². The number of nitriles is 1. The van der Waals surface area contributed by atoms with Gasteiger partial charge in [0.15, 0.2) is 0 Å². The molecule has 11 heavy (non-hydrogen) atoms. The minimum Gasteiger partial charge on any atom is -0.314 e. The summed E-state index contributed by atoms with van der Waals surface area (Å²) in [6.07, 6.45) is 1.15. The molecule has 0 radical (unpaired) electrons. The lowest BCUT2D eigenvalue weighted by molar-refractivity contribution is 0.540. The van der Waals surface area contributed by atoms with Gasteiger partial charge in [-0.25, -0.2) is 0 Å². The zero-order valence-electron chi connectivity index (χ0n) is 7.74. The van der Waals surface area contributed by atoms with E-state index >= 15 is 0 Å². The SMILES string of the molecule is CC(C)(CCC#N)[Si](C)(C)F. The van der Waals surface area contributed by atoms with Crippen LogP contribution in [0.3, 0.4) is 0 Å². The van der Waals surface area contributed by atoms with Gasteiger partial charge in [0.2, 0.25) is 8.41 Å². The van der Waals surface area contributed by atoms with Crippen molar-refractivity contribution in [2.75, 3.05) is 0 Å². The van der Waals surface area contributed by atoms with E-state index in [0.29, 0.717) is 12.8 Å². The summed E-state index contributed by atoms with van der Waals surface area (Å²) in [5.41, 5.74) is 0. The minimum absolute atomic E-state index is 0.261. The normalized spacial score (nSPS) is 12.7. The highest BCUT2D eigenvalue weighted by Crippen LogP contribution is 2.41. The third-order valence-corrected chi connectivity index (χ3v) is 5.94. The molecule has 0 aliphatic rings. The second-order valence-corrected chi connectivity index (χ2v) is 8.31. The van der Waals surface area contributed by atoms with Crippen LogP contribution in [-0.4, -0.2) is 8.41 Å².